The molecule has 0 heterocycles. The topological polar surface area (TPSA) is 53.0 Å². The van der Waals surface area contributed by atoms with Gasteiger partial charge in [-0.15, -0.1) is 0 Å². The minimum absolute atomic E-state index is 0.693. The van der Waals surface area contributed by atoms with Gasteiger partial charge in [-0.2, -0.15) is 5.26 Å². The van der Waals surface area contributed by atoms with E-state index in [4.69, 9.17) is 11.0 Å². The third-order valence-corrected chi connectivity index (χ3v) is 2.81. The number of nitrogens with two attached hydrogens (primary N) is 1. The fourth-order valence-electron chi connectivity index (χ4n) is 1.83. The number of benzene rings is 2. The summed E-state index contributed by atoms with van der Waals surface area (Å²) in [6, 6.07) is 17.6. The fourth-order valence-corrected chi connectivity index (χ4v) is 1.83. The monoisotopic (exact) mass is 237 g/mol. The average molecular weight is 237 g/mol. The molecule has 0 amide bonds. The predicted molar refractivity (Wildman–Crippen MR) is 74.1 cm³/mol. The maximum Gasteiger partial charge on any atom is 0.0991 e. The van der Waals surface area contributed by atoms with E-state index in [1.54, 1.807) is 0 Å². The Morgan fingerprint density at radius 3 is 2.56 bits per heavy atom. The zero-order valence-corrected chi connectivity index (χ0v) is 10.3. The second-order valence-electron chi connectivity index (χ2n) is 4.26. The van der Waals surface area contributed by atoms with Gasteiger partial charge in [-0.3, -0.25) is 0 Å². The Morgan fingerprint density at radius 1 is 1.17 bits per heavy atom. The van der Waals surface area contributed by atoms with E-state index >= 15 is 0 Å². The smallest absolute Gasteiger partial charge is 0.0991 e. The van der Waals surface area contributed by atoms with Crippen LogP contribution in [0.15, 0.2) is 48.5 Å². The van der Waals surface area contributed by atoms with E-state index in [1.165, 1.54) is 0 Å². The zero-order chi connectivity index (χ0) is 13.0. The van der Waals surface area contributed by atoms with Gasteiger partial charge in [0, 0.05) is 25.0 Å². The molecular formula is C15H15N3. The first-order chi connectivity index (χ1) is 8.69. The summed E-state index contributed by atoms with van der Waals surface area (Å²) in [5, 5.41) is 8.87. The maximum atomic E-state index is 8.87. The molecule has 2 aromatic rings. The molecule has 0 aromatic heterocycles. The van der Waals surface area contributed by atoms with Gasteiger partial charge in [-0.1, -0.05) is 12.1 Å². The van der Waals surface area contributed by atoms with Gasteiger partial charge in [0.2, 0.25) is 0 Å². The Morgan fingerprint density at radius 2 is 1.89 bits per heavy atom. The molecule has 0 unspecified atom stereocenters. The van der Waals surface area contributed by atoms with Crippen molar-refractivity contribution >= 4 is 11.4 Å². The molecule has 0 spiro atoms. The van der Waals surface area contributed by atoms with Crippen molar-refractivity contribution in [1.82, 2.24) is 0 Å². The number of anilines is 2. The molecule has 0 fully saturated rings. The molecule has 0 aliphatic rings. The van der Waals surface area contributed by atoms with Crippen molar-refractivity contribution in [3.05, 3.63) is 59.7 Å². The van der Waals surface area contributed by atoms with Crippen molar-refractivity contribution < 1.29 is 0 Å². The van der Waals surface area contributed by atoms with Crippen LogP contribution in [0.3, 0.4) is 0 Å². The summed E-state index contributed by atoms with van der Waals surface area (Å²) in [5.41, 5.74) is 9.34. The normalized spacial score (nSPS) is 9.78. The minimum atomic E-state index is 0.693. The highest BCUT2D eigenvalue weighted by atomic mass is 15.1. The van der Waals surface area contributed by atoms with Crippen LogP contribution in [0.2, 0.25) is 0 Å². The van der Waals surface area contributed by atoms with Crippen LogP contribution in [0.5, 0.6) is 0 Å². The van der Waals surface area contributed by atoms with Gasteiger partial charge in [0.25, 0.3) is 0 Å². The van der Waals surface area contributed by atoms with Crippen molar-refractivity contribution in [3.8, 4) is 6.07 Å². The van der Waals surface area contributed by atoms with E-state index < -0.39 is 0 Å². The molecule has 0 atom stereocenters. The van der Waals surface area contributed by atoms with Crippen LogP contribution >= 0.6 is 0 Å². The molecule has 0 aliphatic carbocycles. The molecule has 2 aromatic carbocycles. The van der Waals surface area contributed by atoms with Crippen LogP contribution in [0.4, 0.5) is 11.4 Å². The van der Waals surface area contributed by atoms with Gasteiger partial charge < -0.3 is 10.6 Å². The maximum absolute atomic E-state index is 8.87. The average Bonchev–Trinajstić information content (AvgIpc) is 2.39. The van der Waals surface area contributed by atoms with Crippen molar-refractivity contribution in [2.24, 2.45) is 0 Å². The first-order valence-corrected chi connectivity index (χ1v) is 5.75. The Labute approximate surface area is 107 Å². The summed E-state index contributed by atoms with van der Waals surface area (Å²) < 4.78 is 0. The van der Waals surface area contributed by atoms with Crippen LogP contribution in [-0.2, 0) is 6.54 Å². The Kier molecular flexibility index (Phi) is 3.49. The number of hydrogen-bond donors (Lipinski definition) is 1. The van der Waals surface area contributed by atoms with E-state index in [2.05, 4.69) is 11.0 Å². The second kappa shape index (κ2) is 5.24. The summed E-state index contributed by atoms with van der Waals surface area (Å²) in [5.74, 6) is 0. The molecule has 18 heavy (non-hydrogen) atoms. The van der Waals surface area contributed by atoms with Crippen molar-refractivity contribution in [3.63, 3.8) is 0 Å². The highest BCUT2D eigenvalue weighted by Crippen LogP contribution is 2.17. The van der Waals surface area contributed by atoms with E-state index in [0.717, 1.165) is 23.5 Å². The van der Waals surface area contributed by atoms with Crippen molar-refractivity contribution in [1.29, 1.82) is 5.26 Å². The first kappa shape index (κ1) is 12.0. The lowest BCUT2D eigenvalue weighted by molar-refractivity contribution is 0.923. The molecule has 0 saturated carbocycles. The van der Waals surface area contributed by atoms with Gasteiger partial charge in [-0.05, 0) is 42.0 Å². The number of rotatable bonds is 3. The number of nitrogens with zero attached hydrogens (tertiary/aromatic N) is 2. The summed E-state index contributed by atoms with van der Waals surface area (Å²) in [7, 11) is 2.02. The molecule has 0 aliphatic heterocycles. The Bertz CT molecular complexity index is 567. The van der Waals surface area contributed by atoms with E-state index in [-0.39, 0.29) is 0 Å². The standard InChI is InChI=1S/C15H15N3/c1-18(15-7-5-14(17)6-8-15)11-13-4-2-3-12(9-13)10-16/h2-9H,11,17H2,1H3. The third-order valence-electron chi connectivity index (χ3n) is 2.81. The Balaban J connectivity index is 2.13. The predicted octanol–water partition coefficient (Wildman–Crippen LogP) is 2.78. The van der Waals surface area contributed by atoms with Gasteiger partial charge in [0.05, 0.1) is 11.6 Å². The minimum Gasteiger partial charge on any atom is -0.399 e. The van der Waals surface area contributed by atoms with Crippen LogP contribution < -0.4 is 10.6 Å². The van der Waals surface area contributed by atoms with Gasteiger partial charge in [-0.25, -0.2) is 0 Å². The zero-order valence-electron chi connectivity index (χ0n) is 10.3. The van der Waals surface area contributed by atoms with Gasteiger partial charge in [0.1, 0.15) is 0 Å². The Hall–Kier alpha value is -2.47. The highest BCUT2D eigenvalue weighted by molar-refractivity contribution is 5.53. The largest absolute Gasteiger partial charge is 0.399 e. The summed E-state index contributed by atoms with van der Waals surface area (Å²) in [6.07, 6.45) is 0. The SMILES string of the molecule is CN(Cc1cccc(C#N)c1)c1ccc(N)cc1. The molecule has 3 nitrogen and oxygen atoms in total. The molecule has 2 rings (SSSR count). The van der Waals surface area contributed by atoms with E-state index in [0.29, 0.717) is 5.56 Å². The van der Waals surface area contributed by atoms with E-state index in [1.807, 2.05) is 55.6 Å². The van der Waals surface area contributed by atoms with Crippen LogP contribution in [0, 0.1) is 11.3 Å². The number of hydrogen-bond acceptors (Lipinski definition) is 3. The highest BCUT2D eigenvalue weighted by Gasteiger charge is 2.02. The molecule has 0 bridgehead atoms. The molecule has 0 radical (unpaired) electrons. The number of nitrogen functional groups attached to an aromatic ring is 1. The van der Waals surface area contributed by atoms with Crippen LogP contribution in [0.1, 0.15) is 11.1 Å². The lowest BCUT2D eigenvalue weighted by atomic mass is 10.1. The van der Waals surface area contributed by atoms with Gasteiger partial charge in [0.15, 0.2) is 0 Å². The lowest BCUT2D eigenvalue weighted by Crippen LogP contribution is -2.16. The molecule has 3 heteroatoms. The van der Waals surface area contributed by atoms with Crippen molar-refractivity contribution in [2.75, 3.05) is 17.7 Å². The molecule has 2 N–H and O–H groups in total. The fraction of sp³-hybridized carbons (Fsp3) is 0.133. The van der Waals surface area contributed by atoms with Crippen molar-refractivity contribution in [2.45, 2.75) is 6.54 Å². The summed E-state index contributed by atoms with van der Waals surface area (Å²) >= 11 is 0. The van der Waals surface area contributed by atoms with Crippen LogP contribution in [0.25, 0.3) is 0 Å². The van der Waals surface area contributed by atoms with E-state index in [9.17, 15) is 0 Å². The molecule has 0 saturated heterocycles. The summed E-state index contributed by atoms with van der Waals surface area (Å²) in [6.45, 7) is 0.763. The van der Waals surface area contributed by atoms with Crippen LogP contribution in [-0.4, -0.2) is 7.05 Å². The van der Waals surface area contributed by atoms with Gasteiger partial charge >= 0.3 is 0 Å². The molecular weight excluding hydrogens is 222 g/mol. The number of nitriles is 1. The second-order valence-corrected chi connectivity index (χ2v) is 4.26. The molecule has 90 valence electrons. The summed E-state index contributed by atoms with van der Waals surface area (Å²) in [4.78, 5) is 2.12. The first-order valence-electron chi connectivity index (χ1n) is 5.75. The third kappa shape index (κ3) is 2.80. The quantitative estimate of drug-likeness (QED) is 0.835. The lowest BCUT2D eigenvalue weighted by Gasteiger charge is -2.19.